The summed E-state index contributed by atoms with van der Waals surface area (Å²) in [6.45, 7) is 2.05. The standard InChI is InChI=1S/C8H11ClNP/c1-7(10(9)11)8-5-3-2-4-6-8/h2-7H,11H2,1H3/t7-/m0/s1. The Kier molecular flexibility index (Phi) is 3.32. The van der Waals surface area contributed by atoms with Gasteiger partial charge >= 0.3 is 0 Å². The Hall–Kier alpha value is -0.100. The predicted molar refractivity (Wildman–Crippen MR) is 52.3 cm³/mol. The molecule has 0 radical (unpaired) electrons. The number of benzene rings is 1. The molecule has 1 nitrogen and oxygen atoms in total. The molecule has 11 heavy (non-hydrogen) atoms. The molecule has 0 saturated heterocycles. The van der Waals surface area contributed by atoms with Crippen LogP contribution in [-0.2, 0) is 0 Å². The van der Waals surface area contributed by atoms with Gasteiger partial charge in [-0.05, 0) is 33.7 Å². The van der Waals surface area contributed by atoms with Crippen LogP contribution in [0.15, 0.2) is 30.3 Å². The second kappa shape index (κ2) is 4.06. The van der Waals surface area contributed by atoms with E-state index in [0.717, 1.165) is 0 Å². The predicted octanol–water partition coefficient (Wildman–Crippen LogP) is 2.99. The molecule has 0 aromatic heterocycles. The first kappa shape index (κ1) is 8.99. The molecule has 1 unspecified atom stereocenters. The highest BCUT2D eigenvalue weighted by Gasteiger charge is 2.07. The minimum atomic E-state index is 0.239. The quantitative estimate of drug-likeness (QED) is 0.508. The fraction of sp³-hybridized carbons (Fsp3) is 0.250. The van der Waals surface area contributed by atoms with Crippen LogP contribution in [0.25, 0.3) is 0 Å². The Labute approximate surface area is 74.7 Å². The first-order chi connectivity index (χ1) is 5.22. The minimum Gasteiger partial charge on any atom is -0.197 e. The van der Waals surface area contributed by atoms with Crippen molar-refractivity contribution in [3.05, 3.63) is 35.9 Å². The topological polar surface area (TPSA) is 3.24 Å². The van der Waals surface area contributed by atoms with Gasteiger partial charge in [-0.25, -0.2) is 0 Å². The number of halogens is 1. The van der Waals surface area contributed by atoms with Crippen LogP contribution in [0.5, 0.6) is 0 Å². The SMILES string of the molecule is C[C@@H](c1ccccc1)N(P)Cl. The third kappa shape index (κ3) is 2.44. The Morgan fingerprint density at radius 1 is 1.36 bits per heavy atom. The van der Waals surface area contributed by atoms with Gasteiger partial charge in [-0.3, -0.25) is 0 Å². The molecule has 1 rings (SSSR count). The van der Waals surface area contributed by atoms with Gasteiger partial charge in [0.05, 0.1) is 6.04 Å². The summed E-state index contributed by atoms with van der Waals surface area (Å²) in [6.07, 6.45) is 0. The van der Waals surface area contributed by atoms with Gasteiger partial charge in [-0.2, -0.15) is 4.19 Å². The summed E-state index contributed by atoms with van der Waals surface area (Å²) in [5.74, 6) is 0. The van der Waals surface area contributed by atoms with Gasteiger partial charge in [-0.1, -0.05) is 30.3 Å². The Morgan fingerprint density at radius 2 is 1.91 bits per heavy atom. The number of rotatable bonds is 2. The summed E-state index contributed by atoms with van der Waals surface area (Å²) in [5, 5.41) is 0. The highest BCUT2D eigenvalue weighted by Crippen LogP contribution is 2.24. The number of hydrogen-bond donors (Lipinski definition) is 0. The molecule has 0 heterocycles. The molecule has 0 aliphatic rings. The monoisotopic (exact) mass is 187 g/mol. The van der Waals surface area contributed by atoms with Crippen molar-refractivity contribution in [1.82, 2.24) is 4.19 Å². The maximum atomic E-state index is 5.76. The van der Waals surface area contributed by atoms with E-state index in [9.17, 15) is 0 Å². The van der Waals surface area contributed by atoms with Gasteiger partial charge in [0.1, 0.15) is 0 Å². The van der Waals surface area contributed by atoms with Gasteiger partial charge < -0.3 is 0 Å². The highest BCUT2D eigenvalue weighted by atomic mass is 35.5. The summed E-state index contributed by atoms with van der Waals surface area (Å²) in [4.78, 5) is 0. The van der Waals surface area contributed by atoms with E-state index in [1.165, 1.54) is 5.56 Å². The van der Waals surface area contributed by atoms with E-state index < -0.39 is 0 Å². The third-order valence-electron chi connectivity index (χ3n) is 1.65. The van der Waals surface area contributed by atoms with E-state index in [0.29, 0.717) is 0 Å². The normalized spacial score (nSPS) is 13.5. The van der Waals surface area contributed by atoms with E-state index in [-0.39, 0.29) is 6.04 Å². The molecule has 0 spiro atoms. The number of hydrogen-bond acceptors (Lipinski definition) is 1. The molecule has 60 valence electrons. The highest BCUT2D eigenvalue weighted by molar-refractivity contribution is 7.15. The molecule has 2 atom stereocenters. The molecule has 0 amide bonds. The van der Waals surface area contributed by atoms with Crippen molar-refractivity contribution in [2.75, 3.05) is 0 Å². The minimum absolute atomic E-state index is 0.239. The molecular formula is C8H11ClNP. The maximum Gasteiger partial charge on any atom is 0.0507 e. The van der Waals surface area contributed by atoms with Gasteiger partial charge in [0.2, 0.25) is 0 Å². The lowest BCUT2D eigenvalue weighted by Gasteiger charge is -2.16. The largest absolute Gasteiger partial charge is 0.197 e. The van der Waals surface area contributed by atoms with E-state index in [1.54, 1.807) is 4.19 Å². The van der Waals surface area contributed by atoms with E-state index in [1.807, 2.05) is 18.2 Å². The molecule has 0 saturated carbocycles. The van der Waals surface area contributed by atoms with Crippen LogP contribution >= 0.6 is 21.2 Å². The lowest BCUT2D eigenvalue weighted by Crippen LogP contribution is -2.04. The molecule has 0 N–H and O–H groups in total. The fourth-order valence-corrected chi connectivity index (χ4v) is 1.16. The zero-order valence-electron chi connectivity index (χ0n) is 6.37. The third-order valence-corrected chi connectivity index (χ3v) is 2.39. The zero-order chi connectivity index (χ0) is 8.27. The molecular weight excluding hydrogens is 177 g/mol. The Morgan fingerprint density at radius 3 is 2.36 bits per heavy atom. The van der Waals surface area contributed by atoms with Crippen molar-refractivity contribution >= 4 is 21.2 Å². The fourth-order valence-electron chi connectivity index (χ4n) is 0.874. The first-order valence-electron chi connectivity index (χ1n) is 3.46. The van der Waals surface area contributed by atoms with Crippen LogP contribution in [0.1, 0.15) is 18.5 Å². The van der Waals surface area contributed by atoms with Gasteiger partial charge in [0, 0.05) is 0 Å². The van der Waals surface area contributed by atoms with Crippen LogP contribution in [0.4, 0.5) is 0 Å². The second-order valence-electron chi connectivity index (χ2n) is 2.43. The maximum absolute atomic E-state index is 5.76. The average Bonchev–Trinajstić information content (AvgIpc) is 2.05. The van der Waals surface area contributed by atoms with E-state index in [2.05, 4.69) is 28.4 Å². The summed E-state index contributed by atoms with van der Waals surface area (Å²) in [7, 11) is 2.44. The molecule has 0 aliphatic heterocycles. The van der Waals surface area contributed by atoms with Crippen LogP contribution < -0.4 is 0 Å². The zero-order valence-corrected chi connectivity index (χ0v) is 8.28. The summed E-state index contributed by atoms with van der Waals surface area (Å²) in [5.41, 5.74) is 1.22. The average molecular weight is 188 g/mol. The lowest BCUT2D eigenvalue weighted by atomic mass is 10.1. The molecule has 1 aromatic rings. The lowest BCUT2D eigenvalue weighted by molar-refractivity contribution is 0.569. The van der Waals surface area contributed by atoms with Crippen molar-refractivity contribution in [2.24, 2.45) is 0 Å². The van der Waals surface area contributed by atoms with Crippen molar-refractivity contribution < 1.29 is 0 Å². The number of nitrogens with zero attached hydrogens (tertiary/aromatic N) is 1. The van der Waals surface area contributed by atoms with Crippen molar-refractivity contribution in [2.45, 2.75) is 13.0 Å². The molecule has 3 heteroatoms. The van der Waals surface area contributed by atoms with Crippen molar-refractivity contribution in [1.29, 1.82) is 0 Å². The Bertz CT molecular complexity index is 213. The summed E-state index contributed by atoms with van der Waals surface area (Å²) < 4.78 is 1.59. The van der Waals surface area contributed by atoms with Gasteiger partial charge in [0.25, 0.3) is 0 Å². The van der Waals surface area contributed by atoms with Crippen LogP contribution in [0.2, 0.25) is 0 Å². The summed E-state index contributed by atoms with van der Waals surface area (Å²) in [6, 6.07) is 10.4. The summed E-state index contributed by atoms with van der Waals surface area (Å²) >= 11 is 5.76. The van der Waals surface area contributed by atoms with Gasteiger partial charge in [-0.15, -0.1) is 0 Å². The van der Waals surface area contributed by atoms with Crippen molar-refractivity contribution in [3.63, 3.8) is 0 Å². The smallest absolute Gasteiger partial charge is 0.0507 e. The van der Waals surface area contributed by atoms with Gasteiger partial charge in [0.15, 0.2) is 0 Å². The van der Waals surface area contributed by atoms with Crippen LogP contribution in [0.3, 0.4) is 0 Å². The second-order valence-corrected chi connectivity index (χ2v) is 3.70. The van der Waals surface area contributed by atoms with E-state index in [4.69, 9.17) is 11.8 Å². The van der Waals surface area contributed by atoms with Crippen LogP contribution in [-0.4, -0.2) is 4.19 Å². The molecule has 0 aliphatic carbocycles. The Balaban J connectivity index is 2.77. The molecule has 1 aromatic carbocycles. The van der Waals surface area contributed by atoms with E-state index >= 15 is 0 Å². The van der Waals surface area contributed by atoms with Crippen molar-refractivity contribution in [3.8, 4) is 0 Å². The van der Waals surface area contributed by atoms with Crippen LogP contribution in [0, 0.1) is 0 Å². The molecule has 0 fully saturated rings. The first-order valence-corrected chi connectivity index (χ1v) is 4.32. The molecule has 0 bridgehead atoms.